The first-order chi connectivity index (χ1) is 17.1. The van der Waals surface area contributed by atoms with Crippen LogP contribution in [0.2, 0.25) is 0 Å². The van der Waals surface area contributed by atoms with Gasteiger partial charge in [-0.3, -0.25) is 9.58 Å². The minimum Gasteiger partial charge on any atom is -0.378 e. The number of anilines is 1. The first-order valence-electron chi connectivity index (χ1n) is 12.3. The van der Waals surface area contributed by atoms with Gasteiger partial charge in [-0.15, -0.1) is 0 Å². The fourth-order valence-corrected chi connectivity index (χ4v) is 5.07. The summed E-state index contributed by atoms with van der Waals surface area (Å²) in [5, 5.41) is 9.49. The van der Waals surface area contributed by atoms with Crippen LogP contribution in [0.5, 0.6) is 0 Å². The number of aromatic nitrogens is 5. The summed E-state index contributed by atoms with van der Waals surface area (Å²) < 4.78 is 9.50. The van der Waals surface area contributed by atoms with Crippen LogP contribution in [0.15, 0.2) is 54.7 Å². The molecule has 1 saturated heterocycles. The van der Waals surface area contributed by atoms with Crippen molar-refractivity contribution in [3.8, 4) is 17.1 Å². The van der Waals surface area contributed by atoms with Gasteiger partial charge in [-0.1, -0.05) is 30.3 Å². The molecule has 0 N–H and O–H groups in total. The Labute approximate surface area is 205 Å². The van der Waals surface area contributed by atoms with E-state index < -0.39 is 0 Å². The van der Waals surface area contributed by atoms with Crippen LogP contribution >= 0.6 is 0 Å². The van der Waals surface area contributed by atoms with Crippen LogP contribution in [0, 0.1) is 6.92 Å². The molecule has 4 aromatic rings. The molecule has 0 aliphatic carbocycles. The number of morpholine rings is 1. The van der Waals surface area contributed by atoms with Gasteiger partial charge in [0.2, 0.25) is 0 Å². The van der Waals surface area contributed by atoms with E-state index in [1.165, 1.54) is 11.3 Å². The Morgan fingerprint density at radius 1 is 0.971 bits per heavy atom. The van der Waals surface area contributed by atoms with Crippen LogP contribution in [-0.2, 0) is 31.3 Å². The monoisotopic (exact) mass is 469 g/mol. The molecule has 0 saturated carbocycles. The Morgan fingerprint density at radius 2 is 1.80 bits per heavy atom. The Bertz CT molecular complexity index is 1320. The molecule has 180 valence electrons. The van der Waals surface area contributed by atoms with Gasteiger partial charge in [-0.05, 0) is 19.1 Å². The van der Waals surface area contributed by atoms with Gasteiger partial charge in [0.25, 0.3) is 0 Å². The molecule has 1 aromatic carbocycles. The predicted octanol–water partition coefficient (Wildman–Crippen LogP) is 3.37. The van der Waals surface area contributed by atoms with Gasteiger partial charge >= 0.3 is 0 Å². The quantitative estimate of drug-likeness (QED) is 0.432. The van der Waals surface area contributed by atoms with Crippen molar-refractivity contribution < 1.29 is 4.74 Å². The fraction of sp³-hybridized carbons (Fsp3) is 0.370. The minimum atomic E-state index is 0.759. The van der Waals surface area contributed by atoms with Gasteiger partial charge in [0.05, 0.1) is 30.3 Å². The highest BCUT2D eigenvalue weighted by Gasteiger charge is 2.28. The third-order valence-corrected chi connectivity index (χ3v) is 6.91. The zero-order valence-corrected chi connectivity index (χ0v) is 20.4. The van der Waals surface area contributed by atoms with E-state index in [0.29, 0.717) is 0 Å². The van der Waals surface area contributed by atoms with E-state index in [4.69, 9.17) is 14.8 Å². The minimum absolute atomic E-state index is 0.759. The van der Waals surface area contributed by atoms with Crippen LogP contribution in [0.4, 0.5) is 5.69 Å². The molecule has 2 aliphatic rings. The van der Waals surface area contributed by atoms with Crippen molar-refractivity contribution in [2.75, 3.05) is 37.7 Å². The second-order valence-corrected chi connectivity index (χ2v) is 9.41. The molecule has 6 rings (SSSR count). The topological polar surface area (TPSA) is 64.2 Å². The number of rotatable bonds is 6. The lowest BCUT2D eigenvalue weighted by Crippen LogP contribution is -2.37. The Kier molecular flexibility index (Phi) is 5.83. The van der Waals surface area contributed by atoms with E-state index >= 15 is 0 Å². The highest BCUT2D eigenvalue weighted by atomic mass is 16.5. The van der Waals surface area contributed by atoms with Crippen molar-refractivity contribution >= 4 is 5.69 Å². The Hall–Kier alpha value is -3.49. The summed E-state index contributed by atoms with van der Waals surface area (Å²) in [5.74, 6) is 0.886. The zero-order valence-electron chi connectivity index (χ0n) is 20.4. The van der Waals surface area contributed by atoms with Crippen LogP contribution in [0.1, 0.15) is 22.6 Å². The van der Waals surface area contributed by atoms with E-state index in [9.17, 15) is 0 Å². The van der Waals surface area contributed by atoms with Crippen molar-refractivity contribution in [1.82, 2.24) is 29.4 Å². The first-order valence-corrected chi connectivity index (χ1v) is 12.3. The highest BCUT2D eigenvalue weighted by molar-refractivity contribution is 5.62. The molecule has 0 amide bonds. The van der Waals surface area contributed by atoms with Crippen molar-refractivity contribution in [2.24, 2.45) is 7.05 Å². The molecule has 5 heterocycles. The SMILES string of the molecule is Cc1cc(-c2ccccc2)nn1-c1cc(N2CCOCC2)c2c(n1)CN(CCc1ccn(C)n1)C2. The summed E-state index contributed by atoms with van der Waals surface area (Å²) in [4.78, 5) is 10.1. The van der Waals surface area contributed by atoms with Gasteiger partial charge in [0.1, 0.15) is 0 Å². The second-order valence-electron chi connectivity index (χ2n) is 9.41. The molecule has 8 heteroatoms. The number of nitrogens with zero attached hydrogens (tertiary/aromatic N) is 7. The molecule has 0 atom stereocenters. The third-order valence-electron chi connectivity index (χ3n) is 6.91. The van der Waals surface area contributed by atoms with E-state index in [0.717, 1.165) is 86.5 Å². The summed E-state index contributed by atoms with van der Waals surface area (Å²) in [6, 6.07) is 16.8. The highest BCUT2D eigenvalue weighted by Crippen LogP contribution is 2.33. The first kappa shape index (κ1) is 22.0. The van der Waals surface area contributed by atoms with Gasteiger partial charge in [0.15, 0.2) is 5.82 Å². The Morgan fingerprint density at radius 3 is 2.57 bits per heavy atom. The normalized spacial score (nSPS) is 16.1. The third kappa shape index (κ3) is 4.47. The summed E-state index contributed by atoms with van der Waals surface area (Å²) in [7, 11) is 1.97. The van der Waals surface area contributed by atoms with Gasteiger partial charge in [-0.25, -0.2) is 9.67 Å². The maximum absolute atomic E-state index is 5.64. The molecule has 1 fully saturated rings. The lowest BCUT2D eigenvalue weighted by atomic mass is 10.1. The number of hydrogen-bond donors (Lipinski definition) is 0. The molecule has 0 radical (unpaired) electrons. The van der Waals surface area contributed by atoms with Crippen LogP contribution < -0.4 is 4.90 Å². The second kappa shape index (κ2) is 9.28. The molecule has 0 spiro atoms. The molecule has 0 unspecified atom stereocenters. The molecule has 0 bridgehead atoms. The van der Waals surface area contributed by atoms with Crippen molar-refractivity contribution in [2.45, 2.75) is 26.4 Å². The van der Waals surface area contributed by atoms with E-state index in [-0.39, 0.29) is 0 Å². The van der Waals surface area contributed by atoms with Crippen LogP contribution in [-0.4, -0.2) is 62.3 Å². The van der Waals surface area contributed by atoms with Gasteiger partial charge in [-0.2, -0.15) is 10.2 Å². The van der Waals surface area contributed by atoms with E-state index in [1.807, 2.05) is 40.8 Å². The van der Waals surface area contributed by atoms with Crippen LogP contribution in [0.3, 0.4) is 0 Å². The molecular weight excluding hydrogens is 438 g/mol. The largest absolute Gasteiger partial charge is 0.378 e. The van der Waals surface area contributed by atoms with Crippen molar-refractivity contribution in [3.05, 3.63) is 77.4 Å². The maximum atomic E-state index is 5.64. The number of pyridine rings is 1. The molecule has 35 heavy (non-hydrogen) atoms. The lowest BCUT2D eigenvalue weighted by molar-refractivity contribution is 0.122. The summed E-state index contributed by atoms with van der Waals surface area (Å²) in [6.45, 7) is 8.14. The fourth-order valence-electron chi connectivity index (χ4n) is 5.07. The molecule has 8 nitrogen and oxygen atoms in total. The smallest absolute Gasteiger partial charge is 0.156 e. The number of hydrogen-bond acceptors (Lipinski definition) is 6. The molecule has 2 aliphatic heterocycles. The summed E-state index contributed by atoms with van der Waals surface area (Å²) in [5.41, 5.74) is 8.05. The van der Waals surface area contributed by atoms with Gasteiger partial charge in [0, 0.05) is 81.0 Å². The Balaban J connectivity index is 1.32. The van der Waals surface area contributed by atoms with Crippen molar-refractivity contribution in [1.29, 1.82) is 0 Å². The average molecular weight is 470 g/mol. The zero-order chi connectivity index (χ0) is 23.8. The van der Waals surface area contributed by atoms with Gasteiger partial charge < -0.3 is 9.64 Å². The predicted molar refractivity (Wildman–Crippen MR) is 136 cm³/mol. The summed E-state index contributed by atoms with van der Waals surface area (Å²) in [6.07, 6.45) is 2.95. The lowest BCUT2D eigenvalue weighted by Gasteiger charge is -2.30. The van der Waals surface area contributed by atoms with E-state index in [2.05, 4.69) is 52.2 Å². The number of fused-ring (bicyclic) bond motifs is 1. The maximum Gasteiger partial charge on any atom is 0.156 e. The number of ether oxygens (including phenoxy) is 1. The van der Waals surface area contributed by atoms with E-state index in [1.54, 1.807) is 0 Å². The number of aryl methyl sites for hydroxylation is 2. The molecule has 3 aromatic heterocycles. The van der Waals surface area contributed by atoms with Crippen molar-refractivity contribution in [3.63, 3.8) is 0 Å². The summed E-state index contributed by atoms with van der Waals surface area (Å²) >= 11 is 0. The van der Waals surface area contributed by atoms with Crippen LogP contribution in [0.25, 0.3) is 17.1 Å². The average Bonchev–Trinajstić information content (AvgIpc) is 3.61. The molecular formula is C27H31N7O. The number of benzene rings is 1. The standard InChI is InChI=1S/C27H31N7O/c1-20-16-24(21-6-4-3-5-7-21)30-34(20)27-17-26(33-12-14-35-15-13-33)23-18-32(19-25(23)28-27)11-9-22-8-10-31(2)29-22/h3-8,10,16-17H,9,11-15,18-19H2,1-2H3.